The molecule has 2 heterocycles. The fourth-order valence-electron chi connectivity index (χ4n) is 2.46. The molecule has 1 saturated heterocycles. The minimum absolute atomic E-state index is 0.0262. The average molecular weight is 323 g/mol. The van der Waals surface area contributed by atoms with Crippen molar-refractivity contribution in [2.45, 2.75) is 12.5 Å². The number of morpholine rings is 1. The van der Waals surface area contributed by atoms with Crippen molar-refractivity contribution in [3.8, 4) is 0 Å². The average Bonchev–Trinajstić information content (AvgIpc) is 3.03. The second-order valence-electron chi connectivity index (χ2n) is 5.13. The molecule has 1 aliphatic heterocycles. The molecule has 1 amide bonds. The van der Waals surface area contributed by atoms with Crippen molar-refractivity contribution >= 4 is 17.2 Å². The number of ether oxygens (including phenoxy) is 1. The number of carbonyl (C=O) groups excluding carboxylic acids is 1. The van der Waals surface area contributed by atoms with Crippen LogP contribution in [0.15, 0.2) is 35.7 Å². The van der Waals surface area contributed by atoms with E-state index < -0.39 is 17.7 Å². The summed E-state index contributed by atoms with van der Waals surface area (Å²) in [7, 11) is 0. The van der Waals surface area contributed by atoms with Crippen LogP contribution in [0.3, 0.4) is 0 Å². The molecule has 1 aromatic heterocycles. The summed E-state index contributed by atoms with van der Waals surface area (Å²) in [4.78, 5) is 15.0. The highest BCUT2D eigenvalue weighted by molar-refractivity contribution is 7.10. The van der Waals surface area contributed by atoms with Crippen LogP contribution in [0.5, 0.6) is 0 Å². The maximum absolute atomic E-state index is 13.3. The standard InChI is InChI=1S/C16H15F2NO2S/c17-13-4-3-11(8-14(13)18)15-10-19(5-6-21-15)16(20)9-12-2-1-7-22-12/h1-4,7-8,15H,5-6,9-10H2/t15-/m1/s1. The Morgan fingerprint density at radius 3 is 2.91 bits per heavy atom. The van der Waals surface area contributed by atoms with Gasteiger partial charge in [-0.1, -0.05) is 12.1 Å². The van der Waals surface area contributed by atoms with Crippen molar-refractivity contribution in [3.63, 3.8) is 0 Å². The third-order valence-electron chi connectivity index (χ3n) is 3.64. The van der Waals surface area contributed by atoms with Gasteiger partial charge in [-0.05, 0) is 29.1 Å². The first kappa shape index (κ1) is 15.1. The van der Waals surface area contributed by atoms with E-state index in [4.69, 9.17) is 4.74 Å². The van der Waals surface area contributed by atoms with Crippen LogP contribution in [-0.2, 0) is 16.0 Å². The Morgan fingerprint density at radius 2 is 2.18 bits per heavy atom. The van der Waals surface area contributed by atoms with Gasteiger partial charge in [0.05, 0.1) is 19.6 Å². The molecule has 0 bridgehead atoms. The van der Waals surface area contributed by atoms with Crippen molar-refractivity contribution in [1.29, 1.82) is 0 Å². The lowest BCUT2D eigenvalue weighted by Gasteiger charge is -2.33. The fourth-order valence-corrected chi connectivity index (χ4v) is 3.16. The second kappa shape index (κ2) is 6.54. The zero-order valence-corrected chi connectivity index (χ0v) is 12.6. The molecule has 1 aliphatic rings. The number of nitrogens with zero attached hydrogens (tertiary/aromatic N) is 1. The molecule has 0 N–H and O–H groups in total. The van der Waals surface area contributed by atoms with E-state index in [0.717, 1.165) is 17.0 Å². The van der Waals surface area contributed by atoms with Gasteiger partial charge >= 0.3 is 0 Å². The largest absolute Gasteiger partial charge is 0.370 e. The Bertz CT molecular complexity index is 660. The summed E-state index contributed by atoms with van der Waals surface area (Å²) in [6, 6.07) is 7.55. The SMILES string of the molecule is O=C(Cc1cccs1)N1CCO[C@@H](c2ccc(F)c(F)c2)C1. The van der Waals surface area contributed by atoms with Gasteiger partial charge in [0, 0.05) is 11.4 Å². The molecule has 0 saturated carbocycles. The molecule has 0 unspecified atom stereocenters. The van der Waals surface area contributed by atoms with Gasteiger partial charge in [-0.25, -0.2) is 8.78 Å². The lowest BCUT2D eigenvalue weighted by atomic mass is 10.1. The van der Waals surface area contributed by atoms with Crippen LogP contribution in [0, 0.1) is 11.6 Å². The Balaban J connectivity index is 1.68. The van der Waals surface area contributed by atoms with Crippen LogP contribution in [0.2, 0.25) is 0 Å². The molecule has 0 aliphatic carbocycles. The van der Waals surface area contributed by atoms with Crippen molar-refractivity contribution in [1.82, 2.24) is 4.90 Å². The van der Waals surface area contributed by atoms with E-state index in [9.17, 15) is 13.6 Å². The lowest BCUT2D eigenvalue weighted by Crippen LogP contribution is -2.42. The molecular formula is C16H15F2NO2S. The topological polar surface area (TPSA) is 29.5 Å². The zero-order valence-electron chi connectivity index (χ0n) is 11.8. The van der Waals surface area contributed by atoms with Gasteiger partial charge in [-0.2, -0.15) is 0 Å². The quantitative estimate of drug-likeness (QED) is 0.868. The van der Waals surface area contributed by atoms with Crippen LogP contribution in [0.25, 0.3) is 0 Å². The number of thiophene rings is 1. The summed E-state index contributed by atoms with van der Waals surface area (Å²) in [5.41, 5.74) is 0.549. The molecule has 22 heavy (non-hydrogen) atoms. The molecule has 0 spiro atoms. The predicted molar refractivity (Wildman–Crippen MR) is 79.7 cm³/mol. The van der Waals surface area contributed by atoms with Gasteiger partial charge in [0.1, 0.15) is 6.10 Å². The van der Waals surface area contributed by atoms with Gasteiger partial charge in [0.15, 0.2) is 11.6 Å². The Morgan fingerprint density at radius 1 is 1.32 bits per heavy atom. The van der Waals surface area contributed by atoms with Gasteiger partial charge in [0.25, 0.3) is 0 Å². The maximum Gasteiger partial charge on any atom is 0.228 e. The number of hydrogen-bond donors (Lipinski definition) is 0. The lowest BCUT2D eigenvalue weighted by molar-refractivity contribution is -0.138. The number of carbonyl (C=O) groups is 1. The van der Waals surface area contributed by atoms with Crippen LogP contribution in [0.4, 0.5) is 8.78 Å². The summed E-state index contributed by atoms with van der Waals surface area (Å²) in [6.45, 7) is 1.26. The van der Waals surface area contributed by atoms with Gasteiger partial charge in [-0.15, -0.1) is 11.3 Å². The van der Waals surface area contributed by atoms with E-state index in [1.807, 2.05) is 17.5 Å². The molecule has 3 nitrogen and oxygen atoms in total. The molecular weight excluding hydrogens is 308 g/mol. The van der Waals surface area contributed by atoms with E-state index in [0.29, 0.717) is 31.7 Å². The minimum Gasteiger partial charge on any atom is -0.370 e. The summed E-state index contributed by atoms with van der Waals surface area (Å²) in [5, 5.41) is 1.94. The molecule has 3 rings (SSSR count). The normalized spacial score (nSPS) is 18.5. The Labute approximate surface area is 131 Å². The maximum atomic E-state index is 13.3. The van der Waals surface area contributed by atoms with Crippen molar-refractivity contribution in [2.75, 3.05) is 19.7 Å². The molecule has 1 atom stereocenters. The van der Waals surface area contributed by atoms with Crippen LogP contribution < -0.4 is 0 Å². The van der Waals surface area contributed by atoms with E-state index in [1.54, 1.807) is 16.2 Å². The van der Waals surface area contributed by atoms with Gasteiger partial charge < -0.3 is 9.64 Å². The van der Waals surface area contributed by atoms with Crippen LogP contribution in [0.1, 0.15) is 16.5 Å². The summed E-state index contributed by atoms with van der Waals surface area (Å²) >= 11 is 1.55. The smallest absolute Gasteiger partial charge is 0.228 e. The van der Waals surface area contributed by atoms with E-state index in [2.05, 4.69) is 0 Å². The minimum atomic E-state index is -0.900. The number of rotatable bonds is 3. The molecule has 1 fully saturated rings. The van der Waals surface area contributed by atoms with Crippen molar-refractivity contribution in [3.05, 3.63) is 57.8 Å². The van der Waals surface area contributed by atoms with E-state index >= 15 is 0 Å². The van der Waals surface area contributed by atoms with E-state index in [-0.39, 0.29) is 5.91 Å². The second-order valence-corrected chi connectivity index (χ2v) is 6.16. The van der Waals surface area contributed by atoms with E-state index in [1.165, 1.54) is 6.07 Å². The fraction of sp³-hybridized carbons (Fsp3) is 0.312. The third-order valence-corrected chi connectivity index (χ3v) is 4.52. The van der Waals surface area contributed by atoms with Crippen molar-refractivity contribution < 1.29 is 18.3 Å². The molecule has 116 valence electrons. The van der Waals surface area contributed by atoms with Gasteiger partial charge in [-0.3, -0.25) is 4.79 Å². The monoisotopic (exact) mass is 323 g/mol. The molecule has 6 heteroatoms. The Hall–Kier alpha value is -1.79. The van der Waals surface area contributed by atoms with Crippen molar-refractivity contribution in [2.24, 2.45) is 0 Å². The summed E-state index contributed by atoms with van der Waals surface area (Å²) in [6.07, 6.45) is -0.0570. The summed E-state index contributed by atoms with van der Waals surface area (Å²) < 4.78 is 31.9. The first-order valence-electron chi connectivity index (χ1n) is 7.00. The zero-order chi connectivity index (χ0) is 15.5. The van der Waals surface area contributed by atoms with Crippen LogP contribution in [-0.4, -0.2) is 30.5 Å². The molecule has 0 radical (unpaired) electrons. The molecule has 2 aromatic rings. The van der Waals surface area contributed by atoms with Crippen LogP contribution >= 0.6 is 11.3 Å². The first-order valence-corrected chi connectivity index (χ1v) is 7.88. The highest BCUT2D eigenvalue weighted by atomic mass is 32.1. The predicted octanol–water partition coefficient (Wildman–Crippen LogP) is 3.17. The van der Waals surface area contributed by atoms with Gasteiger partial charge in [0.2, 0.25) is 5.91 Å². The number of halogens is 2. The number of benzene rings is 1. The number of amides is 1. The highest BCUT2D eigenvalue weighted by Crippen LogP contribution is 2.24. The molecule has 1 aromatic carbocycles. The number of hydrogen-bond acceptors (Lipinski definition) is 3. The summed E-state index contributed by atoms with van der Waals surface area (Å²) in [5.74, 6) is -1.76. The first-order chi connectivity index (χ1) is 10.6. The highest BCUT2D eigenvalue weighted by Gasteiger charge is 2.26. The Kier molecular flexibility index (Phi) is 4.49. The third kappa shape index (κ3) is 3.34.